The van der Waals surface area contributed by atoms with E-state index in [1.807, 2.05) is 13.3 Å². The molecule has 0 aromatic heterocycles. The minimum atomic E-state index is -1.62. The van der Waals surface area contributed by atoms with Crippen LogP contribution in [0, 0.1) is 0 Å². The zero-order chi connectivity index (χ0) is 26.2. The number of rotatable bonds is 10. The minimum Gasteiger partial charge on any atom is -1.00 e. The van der Waals surface area contributed by atoms with Crippen LogP contribution >= 0.6 is 0 Å². The van der Waals surface area contributed by atoms with E-state index in [0.717, 1.165) is 0 Å². The summed E-state index contributed by atoms with van der Waals surface area (Å²) in [6.45, 7) is 18.9. The first-order valence-corrected chi connectivity index (χ1v) is 38.6. The van der Waals surface area contributed by atoms with Gasteiger partial charge in [-0.1, -0.05) is 0 Å². The first kappa shape index (κ1) is 36.7. The SMILES string of the molecule is CC[SiH](CC)[Hf+]([C]1=CC(C)=CC1)[C]1=CC(C)=CC1.CC[SiH](CC)[Hf+]([C]1=CC(C)=CC1)[C]1=CC(C)=CC1.[Cl-].[Cl-]. The van der Waals surface area contributed by atoms with Crippen molar-refractivity contribution in [2.24, 2.45) is 0 Å². The molecule has 4 rings (SSSR count). The van der Waals surface area contributed by atoms with Gasteiger partial charge in [0.15, 0.2) is 0 Å². The molecule has 208 valence electrons. The molecule has 0 aromatic rings. The van der Waals surface area contributed by atoms with Crippen LogP contribution in [0.15, 0.2) is 84.2 Å². The van der Waals surface area contributed by atoms with Crippen LogP contribution in [0.5, 0.6) is 0 Å². The molecule has 0 amide bonds. The van der Waals surface area contributed by atoms with Crippen LogP contribution in [0.3, 0.4) is 0 Å². The number of halogens is 2. The number of hydrogen-bond donors (Lipinski definition) is 0. The fourth-order valence-corrected chi connectivity index (χ4v) is 71.0. The molecule has 0 aliphatic heterocycles. The molecular formula is C32H50Cl2Hf2Si2. The van der Waals surface area contributed by atoms with Gasteiger partial charge in [0.2, 0.25) is 0 Å². The Hall–Kier alpha value is 0.674. The van der Waals surface area contributed by atoms with E-state index in [2.05, 4.69) is 104 Å². The Morgan fingerprint density at radius 2 is 0.684 bits per heavy atom. The maximum Gasteiger partial charge on any atom is -1.00 e. The average Bonchev–Trinajstić information content (AvgIpc) is 3.66. The van der Waals surface area contributed by atoms with E-state index in [0.29, 0.717) is 0 Å². The van der Waals surface area contributed by atoms with Gasteiger partial charge in [-0.2, -0.15) is 0 Å². The summed E-state index contributed by atoms with van der Waals surface area (Å²) in [4.78, 5) is 0. The van der Waals surface area contributed by atoms with Gasteiger partial charge in [0, 0.05) is 0 Å². The van der Waals surface area contributed by atoms with Crippen molar-refractivity contribution in [3.8, 4) is 0 Å². The van der Waals surface area contributed by atoms with Crippen LogP contribution in [0.1, 0.15) is 81.1 Å². The molecule has 0 fully saturated rings. The first-order valence-electron chi connectivity index (χ1n) is 14.6. The fourth-order valence-electron chi connectivity index (χ4n) is 6.26. The molecule has 0 spiro atoms. The zero-order valence-corrected chi connectivity index (χ0v) is 36.2. The van der Waals surface area contributed by atoms with Gasteiger partial charge in [0.05, 0.1) is 0 Å². The fraction of sp³-hybridized carbons (Fsp3) is 0.500. The van der Waals surface area contributed by atoms with Gasteiger partial charge in [-0.3, -0.25) is 0 Å². The van der Waals surface area contributed by atoms with Crippen LogP contribution < -0.4 is 24.8 Å². The van der Waals surface area contributed by atoms with Crippen molar-refractivity contribution in [1.82, 2.24) is 0 Å². The van der Waals surface area contributed by atoms with Gasteiger partial charge in [0.25, 0.3) is 0 Å². The Morgan fingerprint density at radius 3 is 0.816 bits per heavy atom. The molecule has 4 aliphatic carbocycles. The predicted octanol–water partition coefficient (Wildman–Crippen LogP) is 3.68. The van der Waals surface area contributed by atoms with Crippen LogP contribution in [0.4, 0.5) is 0 Å². The second-order valence-corrected chi connectivity index (χ2v) is 59.4. The maximum atomic E-state index is 2.56. The predicted molar refractivity (Wildman–Crippen MR) is 162 cm³/mol. The molecule has 0 radical (unpaired) electrons. The third-order valence-electron chi connectivity index (χ3n) is 8.35. The Kier molecular flexibility index (Phi) is 17.6. The zero-order valence-electron chi connectivity index (χ0n) is 25.2. The largest absolute Gasteiger partial charge is 1.00 e. The van der Waals surface area contributed by atoms with E-state index in [9.17, 15) is 0 Å². The van der Waals surface area contributed by atoms with Gasteiger partial charge in [-0.15, -0.1) is 0 Å². The van der Waals surface area contributed by atoms with Crippen molar-refractivity contribution < 1.29 is 66.0 Å². The van der Waals surface area contributed by atoms with E-state index in [1.165, 1.54) is 72.2 Å². The molecule has 0 N–H and O–H groups in total. The summed E-state index contributed by atoms with van der Waals surface area (Å²) in [5, 5.41) is 0. The molecule has 0 heterocycles. The Bertz CT molecular complexity index is 895. The number of allylic oxidation sites excluding steroid dienone is 16. The molecule has 0 unspecified atom stereocenters. The smallest absolute Gasteiger partial charge is 1.00 e. The van der Waals surface area contributed by atoms with Gasteiger partial charge >= 0.3 is 243 Å². The number of hydrogen-bond acceptors (Lipinski definition) is 0. The molecule has 0 bridgehead atoms. The summed E-state index contributed by atoms with van der Waals surface area (Å²) in [6, 6.07) is 6.08. The van der Waals surface area contributed by atoms with Gasteiger partial charge in [-0.05, 0) is 0 Å². The van der Waals surface area contributed by atoms with Crippen molar-refractivity contribution >= 4 is 12.0 Å². The maximum absolute atomic E-state index is 2.56. The second kappa shape index (κ2) is 18.3. The summed E-state index contributed by atoms with van der Waals surface area (Å²) in [5.74, 6) is -0.916. The average molecular weight is 919 g/mol. The monoisotopic (exact) mass is 920 g/mol. The normalized spacial score (nSPS) is 17.7. The topological polar surface area (TPSA) is 0 Å². The van der Waals surface area contributed by atoms with E-state index >= 15 is 0 Å². The van der Waals surface area contributed by atoms with Crippen molar-refractivity contribution in [3.63, 3.8) is 0 Å². The molecule has 0 saturated carbocycles. The molecule has 38 heavy (non-hydrogen) atoms. The van der Waals surface area contributed by atoms with Gasteiger partial charge in [-0.25, -0.2) is 0 Å². The molecule has 6 heteroatoms. The second-order valence-electron chi connectivity index (χ2n) is 11.1. The molecular weight excluding hydrogens is 868 g/mol. The standard InChI is InChI=1S/4C6H7.2C4H11Si.2ClH.2Hf/c4*1-6-4-2-3-5-6;2*1-3-5-4-2;;;;/h4*4-5H,2H2,1H3;2*5H,3-4H2,1-2H3;2*1H;;/q;;;;;;;;2*+1/p-2. The first-order chi connectivity index (χ1) is 17.3. The molecule has 4 aliphatic rings. The third-order valence-corrected chi connectivity index (χ3v) is 76.2. The molecule has 0 aromatic carbocycles. The van der Waals surface area contributed by atoms with Crippen molar-refractivity contribution in [3.05, 3.63) is 84.2 Å². The van der Waals surface area contributed by atoms with Crippen LogP contribution in [0.25, 0.3) is 0 Å². The van der Waals surface area contributed by atoms with Crippen molar-refractivity contribution in [1.29, 1.82) is 0 Å². The Morgan fingerprint density at radius 1 is 0.474 bits per heavy atom. The Labute approximate surface area is 264 Å². The summed E-state index contributed by atoms with van der Waals surface area (Å²) in [6.07, 6.45) is 25.2. The van der Waals surface area contributed by atoms with Crippen molar-refractivity contribution in [2.75, 3.05) is 0 Å². The van der Waals surface area contributed by atoms with E-state index < -0.39 is 53.2 Å². The van der Waals surface area contributed by atoms with E-state index in [1.54, 1.807) is 0 Å². The molecule has 0 atom stereocenters. The minimum absolute atomic E-state index is 0. The quantitative estimate of drug-likeness (QED) is 0.294. The van der Waals surface area contributed by atoms with Crippen LogP contribution in [0.2, 0.25) is 24.2 Å². The van der Waals surface area contributed by atoms with Crippen LogP contribution in [-0.4, -0.2) is 12.0 Å². The summed E-state index contributed by atoms with van der Waals surface area (Å²) in [7, 11) is 0. The Balaban J connectivity index is 0.000000361. The summed E-state index contributed by atoms with van der Waals surface area (Å²) < 4.78 is 7.69. The third kappa shape index (κ3) is 9.90. The van der Waals surface area contributed by atoms with E-state index in [4.69, 9.17) is 0 Å². The summed E-state index contributed by atoms with van der Waals surface area (Å²) in [5.41, 5.74) is 6.10. The molecule has 0 nitrogen and oxygen atoms in total. The van der Waals surface area contributed by atoms with Crippen molar-refractivity contribution in [2.45, 2.75) is 105 Å². The van der Waals surface area contributed by atoms with Gasteiger partial charge in [0.1, 0.15) is 0 Å². The molecule has 0 saturated heterocycles. The summed E-state index contributed by atoms with van der Waals surface area (Å²) >= 11 is -3.25. The van der Waals surface area contributed by atoms with E-state index in [-0.39, 0.29) is 24.8 Å². The van der Waals surface area contributed by atoms with Crippen LogP contribution in [-0.2, 0) is 41.2 Å². The van der Waals surface area contributed by atoms with Gasteiger partial charge < -0.3 is 24.8 Å².